The van der Waals surface area contributed by atoms with Crippen molar-refractivity contribution in [1.29, 1.82) is 0 Å². The van der Waals surface area contributed by atoms with Crippen LogP contribution in [0.5, 0.6) is 0 Å². The molecule has 0 heterocycles. The Morgan fingerprint density at radius 2 is 1.64 bits per heavy atom. The summed E-state index contributed by atoms with van der Waals surface area (Å²) in [7, 11) is 0. The van der Waals surface area contributed by atoms with Crippen molar-refractivity contribution in [2.24, 2.45) is 0 Å². The number of hydrogen-bond acceptors (Lipinski definition) is 2. The molecule has 0 aromatic rings. The zero-order chi connectivity index (χ0) is 9.44. The molecule has 0 rings (SSSR count). The molecule has 0 saturated carbocycles. The highest BCUT2D eigenvalue weighted by molar-refractivity contribution is 6.44. The van der Waals surface area contributed by atoms with Crippen LogP contribution in [0, 0.1) is 0 Å². The van der Waals surface area contributed by atoms with Gasteiger partial charge >= 0.3 is 5.97 Å². The monoisotopic (exact) mass is 202 g/mol. The van der Waals surface area contributed by atoms with E-state index >= 15 is 0 Å². The lowest BCUT2D eigenvalue weighted by molar-refractivity contribution is -0.137. The average Bonchev–Trinajstić information content (AvgIpc) is 1.56. The molecule has 66 valence electrons. The first-order valence-electron chi connectivity index (χ1n) is 2.55. The SMILES string of the molecule is CC(=O)O.O=C(O)CC(Cl)Cl. The van der Waals surface area contributed by atoms with Crippen molar-refractivity contribution < 1.29 is 19.8 Å². The van der Waals surface area contributed by atoms with Gasteiger partial charge in [-0.3, -0.25) is 9.59 Å². The molecule has 0 aromatic carbocycles. The summed E-state index contributed by atoms with van der Waals surface area (Å²) in [4.78, 5) is 17.9. The van der Waals surface area contributed by atoms with Crippen molar-refractivity contribution in [3.05, 3.63) is 0 Å². The highest BCUT2D eigenvalue weighted by Crippen LogP contribution is 2.05. The molecule has 6 heteroatoms. The lowest BCUT2D eigenvalue weighted by Gasteiger charge is -1.89. The van der Waals surface area contributed by atoms with E-state index < -0.39 is 16.8 Å². The molecular formula is C5H8Cl2O4. The van der Waals surface area contributed by atoms with Crippen LogP contribution >= 0.6 is 23.2 Å². The second-order valence-corrected chi connectivity index (χ2v) is 2.79. The van der Waals surface area contributed by atoms with Crippen molar-refractivity contribution in [2.45, 2.75) is 18.2 Å². The number of carboxylic acids is 2. The maximum atomic E-state index is 9.64. The van der Waals surface area contributed by atoms with Crippen LogP contribution in [0.4, 0.5) is 0 Å². The first kappa shape index (κ1) is 13.1. The van der Waals surface area contributed by atoms with E-state index in [4.69, 9.17) is 38.2 Å². The summed E-state index contributed by atoms with van der Waals surface area (Å²) in [5, 5.41) is 15.3. The Hall–Kier alpha value is -0.480. The van der Waals surface area contributed by atoms with Crippen LogP contribution in [-0.2, 0) is 9.59 Å². The quantitative estimate of drug-likeness (QED) is 0.664. The molecule has 0 saturated heterocycles. The molecule has 11 heavy (non-hydrogen) atoms. The predicted octanol–water partition coefficient (Wildman–Crippen LogP) is 1.36. The van der Waals surface area contributed by atoms with E-state index in [0.717, 1.165) is 6.92 Å². The Labute approximate surface area is 73.7 Å². The van der Waals surface area contributed by atoms with E-state index in [1.165, 1.54) is 0 Å². The highest BCUT2D eigenvalue weighted by Gasteiger charge is 2.03. The van der Waals surface area contributed by atoms with E-state index in [9.17, 15) is 4.79 Å². The third kappa shape index (κ3) is 43.4. The van der Waals surface area contributed by atoms with Gasteiger partial charge in [0, 0.05) is 6.92 Å². The number of rotatable bonds is 2. The summed E-state index contributed by atoms with van der Waals surface area (Å²) in [5.74, 6) is -1.81. The molecule has 0 aromatic heterocycles. The Morgan fingerprint density at radius 1 is 1.36 bits per heavy atom. The largest absolute Gasteiger partial charge is 0.481 e. The first-order valence-corrected chi connectivity index (χ1v) is 3.43. The maximum absolute atomic E-state index is 9.64. The highest BCUT2D eigenvalue weighted by atomic mass is 35.5. The smallest absolute Gasteiger partial charge is 0.306 e. The van der Waals surface area contributed by atoms with Gasteiger partial charge in [-0.1, -0.05) is 0 Å². The summed E-state index contributed by atoms with van der Waals surface area (Å²) in [6, 6.07) is 0. The van der Waals surface area contributed by atoms with Gasteiger partial charge in [-0.2, -0.15) is 0 Å². The molecule has 0 aliphatic carbocycles. The fourth-order valence-electron chi connectivity index (χ4n) is 0.132. The van der Waals surface area contributed by atoms with Gasteiger partial charge in [0.25, 0.3) is 5.97 Å². The van der Waals surface area contributed by atoms with Crippen molar-refractivity contribution in [3.8, 4) is 0 Å². The molecule has 0 unspecified atom stereocenters. The van der Waals surface area contributed by atoms with Gasteiger partial charge in [0.2, 0.25) is 0 Å². The molecule has 0 aliphatic rings. The second kappa shape index (κ2) is 7.63. The molecule has 0 bridgehead atoms. The summed E-state index contributed by atoms with van der Waals surface area (Å²) in [6.45, 7) is 1.08. The summed E-state index contributed by atoms with van der Waals surface area (Å²) in [5.41, 5.74) is 0. The number of aliphatic carboxylic acids is 2. The van der Waals surface area contributed by atoms with Gasteiger partial charge in [0.05, 0.1) is 6.42 Å². The molecule has 0 aliphatic heterocycles. The summed E-state index contributed by atoms with van der Waals surface area (Å²) in [6.07, 6.45) is -0.191. The van der Waals surface area contributed by atoms with Gasteiger partial charge in [-0.25, -0.2) is 0 Å². The molecule has 2 N–H and O–H groups in total. The van der Waals surface area contributed by atoms with Gasteiger partial charge in [0.1, 0.15) is 4.84 Å². The number of halogens is 2. The predicted molar refractivity (Wildman–Crippen MR) is 41.1 cm³/mol. The number of hydrogen-bond donors (Lipinski definition) is 2. The third-order valence-corrected chi connectivity index (χ3v) is 0.638. The third-order valence-electron chi connectivity index (χ3n) is 0.329. The zero-order valence-electron chi connectivity index (χ0n) is 5.75. The molecular weight excluding hydrogens is 195 g/mol. The maximum Gasteiger partial charge on any atom is 0.306 e. The van der Waals surface area contributed by atoms with Crippen LogP contribution in [0.2, 0.25) is 0 Å². The fourth-order valence-corrected chi connectivity index (χ4v) is 0.396. The van der Waals surface area contributed by atoms with E-state index in [0.29, 0.717) is 0 Å². The first-order chi connectivity index (χ1) is 4.86. The van der Waals surface area contributed by atoms with Gasteiger partial charge < -0.3 is 10.2 Å². The number of carboxylic acid groups (broad SMARTS) is 2. The Kier molecular flexibility index (Phi) is 9.10. The van der Waals surface area contributed by atoms with Crippen LogP contribution in [0.25, 0.3) is 0 Å². The molecule has 0 amide bonds. The number of alkyl halides is 2. The molecule has 0 radical (unpaired) electrons. The molecule has 0 spiro atoms. The fraction of sp³-hybridized carbons (Fsp3) is 0.600. The van der Waals surface area contributed by atoms with Crippen LogP contribution in [-0.4, -0.2) is 27.0 Å². The van der Waals surface area contributed by atoms with Crippen molar-refractivity contribution in [3.63, 3.8) is 0 Å². The minimum absolute atomic E-state index is 0.191. The van der Waals surface area contributed by atoms with Crippen LogP contribution < -0.4 is 0 Å². The Morgan fingerprint density at radius 3 is 1.64 bits per heavy atom. The molecule has 0 fully saturated rings. The lowest BCUT2D eigenvalue weighted by Crippen LogP contribution is -1.99. The average molecular weight is 203 g/mol. The van der Waals surface area contributed by atoms with Crippen molar-refractivity contribution in [1.82, 2.24) is 0 Å². The summed E-state index contributed by atoms with van der Waals surface area (Å²) < 4.78 is 0. The van der Waals surface area contributed by atoms with Crippen LogP contribution in [0.15, 0.2) is 0 Å². The lowest BCUT2D eigenvalue weighted by atomic mass is 10.5. The van der Waals surface area contributed by atoms with E-state index in [2.05, 4.69) is 0 Å². The van der Waals surface area contributed by atoms with Crippen LogP contribution in [0.3, 0.4) is 0 Å². The Balaban J connectivity index is 0. The van der Waals surface area contributed by atoms with Gasteiger partial charge in [-0.05, 0) is 0 Å². The zero-order valence-corrected chi connectivity index (χ0v) is 7.26. The number of carbonyl (C=O) groups is 2. The second-order valence-electron chi connectivity index (χ2n) is 1.51. The standard InChI is InChI=1S/C3H4Cl2O2.C2H4O2/c4-2(5)1-3(6)7;1-2(3)4/h2H,1H2,(H,6,7);1H3,(H,3,4). The molecule has 0 atom stereocenters. The van der Waals surface area contributed by atoms with Crippen molar-refractivity contribution >= 4 is 35.1 Å². The Bertz CT molecular complexity index is 130. The van der Waals surface area contributed by atoms with Crippen LogP contribution in [0.1, 0.15) is 13.3 Å². The summed E-state index contributed by atoms with van der Waals surface area (Å²) >= 11 is 10.1. The minimum atomic E-state index is -0.977. The van der Waals surface area contributed by atoms with Gasteiger partial charge in [-0.15, -0.1) is 23.2 Å². The topological polar surface area (TPSA) is 74.6 Å². The van der Waals surface area contributed by atoms with E-state index in [1.54, 1.807) is 0 Å². The normalized spacial score (nSPS) is 8.36. The minimum Gasteiger partial charge on any atom is -0.481 e. The van der Waals surface area contributed by atoms with Gasteiger partial charge in [0.15, 0.2) is 0 Å². The van der Waals surface area contributed by atoms with Crippen molar-refractivity contribution in [2.75, 3.05) is 0 Å². The molecule has 4 nitrogen and oxygen atoms in total. The van der Waals surface area contributed by atoms with E-state index in [1.807, 2.05) is 0 Å². The van der Waals surface area contributed by atoms with E-state index in [-0.39, 0.29) is 6.42 Å².